The summed E-state index contributed by atoms with van der Waals surface area (Å²) < 4.78 is 8.99. The highest BCUT2D eigenvalue weighted by Gasteiger charge is 2.16. The van der Waals surface area contributed by atoms with Crippen LogP contribution in [0.25, 0.3) is 0 Å². The van der Waals surface area contributed by atoms with Crippen LogP contribution < -0.4 is 21.1 Å². The molecule has 2 aliphatic heterocycles. The monoisotopic (exact) mass is 526 g/mol. The Labute approximate surface area is 194 Å². The Morgan fingerprint density at radius 1 is 1.23 bits per heavy atom. The maximum absolute atomic E-state index is 12.3. The largest absolute Gasteiger partial charge is 0.493 e. The number of aliphatic imine (C=N–C) groups is 1. The summed E-state index contributed by atoms with van der Waals surface area (Å²) in [5.41, 5.74) is 2.64. The molecule has 0 aliphatic carbocycles. The van der Waals surface area contributed by atoms with Gasteiger partial charge in [-0.1, -0.05) is 12.1 Å². The standard InChI is InChI=1S/C21H30N6O2.HI/c1-22-20(24-11-8-16-6-7-18-17(15-16)9-14-29-18)23-10-4-13-27-21(28)26-12-3-2-5-19(26)25-27;/h6-7,15H,2-5,8-14H2,1H3,(H2,22,23,24);1H. The number of rotatable bonds is 7. The Kier molecular flexibility index (Phi) is 8.17. The number of guanidine groups is 1. The Morgan fingerprint density at radius 3 is 2.93 bits per heavy atom. The third kappa shape index (κ3) is 5.35. The van der Waals surface area contributed by atoms with Gasteiger partial charge in [-0.15, -0.1) is 24.0 Å². The first-order valence-corrected chi connectivity index (χ1v) is 10.6. The van der Waals surface area contributed by atoms with E-state index >= 15 is 0 Å². The molecule has 30 heavy (non-hydrogen) atoms. The fraction of sp³-hybridized carbons (Fsp3) is 0.571. The zero-order valence-electron chi connectivity index (χ0n) is 17.5. The van der Waals surface area contributed by atoms with Gasteiger partial charge in [0.2, 0.25) is 0 Å². The topological polar surface area (TPSA) is 85.5 Å². The number of hydrogen-bond acceptors (Lipinski definition) is 4. The van der Waals surface area contributed by atoms with Crippen molar-refractivity contribution < 1.29 is 4.74 Å². The number of benzene rings is 1. The van der Waals surface area contributed by atoms with Gasteiger partial charge >= 0.3 is 5.69 Å². The number of hydrogen-bond donors (Lipinski definition) is 2. The van der Waals surface area contributed by atoms with Crippen molar-refractivity contribution in [2.24, 2.45) is 4.99 Å². The van der Waals surface area contributed by atoms with Crippen LogP contribution in [0.2, 0.25) is 0 Å². The van der Waals surface area contributed by atoms with Gasteiger partial charge in [0.25, 0.3) is 0 Å². The quantitative estimate of drug-likeness (QED) is 0.249. The summed E-state index contributed by atoms with van der Waals surface area (Å²) in [4.78, 5) is 16.6. The lowest BCUT2D eigenvalue weighted by Gasteiger charge is -2.12. The predicted molar refractivity (Wildman–Crippen MR) is 128 cm³/mol. The Morgan fingerprint density at radius 2 is 2.10 bits per heavy atom. The molecular formula is C21H31IN6O2. The summed E-state index contributed by atoms with van der Waals surface area (Å²) in [5.74, 6) is 2.74. The van der Waals surface area contributed by atoms with E-state index in [0.29, 0.717) is 6.54 Å². The van der Waals surface area contributed by atoms with Gasteiger partial charge in [-0.25, -0.2) is 9.48 Å². The Hall–Kier alpha value is -2.04. The summed E-state index contributed by atoms with van der Waals surface area (Å²) in [5, 5.41) is 11.2. The van der Waals surface area contributed by atoms with Crippen molar-refractivity contribution in [3.05, 3.63) is 45.6 Å². The molecule has 0 radical (unpaired) electrons. The van der Waals surface area contributed by atoms with Crippen molar-refractivity contribution in [1.29, 1.82) is 0 Å². The van der Waals surface area contributed by atoms with E-state index < -0.39 is 0 Å². The van der Waals surface area contributed by atoms with E-state index in [2.05, 4.69) is 38.9 Å². The first kappa shape index (κ1) is 22.6. The second kappa shape index (κ2) is 10.8. The number of ether oxygens (including phenoxy) is 1. The lowest BCUT2D eigenvalue weighted by Crippen LogP contribution is -2.39. The summed E-state index contributed by atoms with van der Waals surface area (Å²) in [7, 11) is 1.77. The van der Waals surface area contributed by atoms with Gasteiger partial charge in [0.05, 0.1) is 6.61 Å². The SMILES string of the molecule is CN=C(NCCCn1nc2n(c1=O)CCCC2)NCCc1ccc2c(c1)CCO2.I. The fourth-order valence-electron chi connectivity index (χ4n) is 3.97. The van der Waals surface area contributed by atoms with Crippen LogP contribution in [0.15, 0.2) is 28.0 Å². The van der Waals surface area contributed by atoms with Crippen molar-refractivity contribution in [1.82, 2.24) is 25.0 Å². The minimum atomic E-state index is 0. The second-order valence-corrected chi connectivity index (χ2v) is 7.60. The number of halogens is 1. The molecule has 0 atom stereocenters. The highest BCUT2D eigenvalue weighted by Crippen LogP contribution is 2.25. The summed E-state index contributed by atoms with van der Waals surface area (Å²) in [6, 6.07) is 6.44. The van der Waals surface area contributed by atoms with Crippen molar-refractivity contribution >= 4 is 29.9 Å². The van der Waals surface area contributed by atoms with E-state index in [1.165, 1.54) is 11.1 Å². The van der Waals surface area contributed by atoms with Gasteiger partial charge in [-0.2, -0.15) is 5.10 Å². The van der Waals surface area contributed by atoms with Gasteiger partial charge in [0.15, 0.2) is 5.96 Å². The number of nitrogens with zero attached hydrogens (tertiary/aromatic N) is 4. The fourth-order valence-corrected chi connectivity index (χ4v) is 3.97. The van der Waals surface area contributed by atoms with Gasteiger partial charge in [-0.05, 0) is 42.9 Å². The second-order valence-electron chi connectivity index (χ2n) is 7.60. The summed E-state index contributed by atoms with van der Waals surface area (Å²) >= 11 is 0. The van der Waals surface area contributed by atoms with Gasteiger partial charge in [0, 0.05) is 46.1 Å². The molecule has 0 amide bonds. The molecule has 0 saturated heterocycles. The van der Waals surface area contributed by atoms with Crippen LogP contribution in [0.5, 0.6) is 5.75 Å². The van der Waals surface area contributed by atoms with Gasteiger partial charge in [-0.3, -0.25) is 9.56 Å². The zero-order valence-corrected chi connectivity index (χ0v) is 19.9. The van der Waals surface area contributed by atoms with E-state index in [9.17, 15) is 4.79 Å². The van der Waals surface area contributed by atoms with E-state index in [-0.39, 0.29) is 29.7 Å². The molecule has 2 aliphatic rings. The lowest BCUT2D eigenvalue weighted by atomic mass is 10.1. The molecule has 8 nitrogen and oxygen atoms in total. The van der Waals surface area contributed by atoms with E-state index in [4.69, 9.17) is 4.74 Å². The minimum Gasteiger partial charge on any atom is -0.493 e. The average molecular weight is 526 g/mol. The summed E-state index contributed by atoms with van der Waals surface area (Å²) in [6.45, 7) is 3.78. The van der Waals surface area contributed by atoms with Crippen LogP contribution in [-0.4, -0.2) is 47.1 Å². The molecule has 0 unspecified atom stereocenters. The maximum atomic E-state index is 12.3. The van der Waals surface area contributed by atoms with E-state index in [1.807, 2.05) is 4.57 Å². The van der Waals surface area contributed by atoms with Crippen LogP contribution in [-0.2, 0) is 32.4 Å². The van der Waals surface area contributed by atoms with E-state index in [1.54, 1.807) is 11.7 Å². The molecule has 2 N–H and O–H groups in total. The lowest BCUT2D eigenvalue weighted by molar-refractivity contribution is 0.357. The highest BCUT2D eigenvalue weighted by molar-refractivity contribution is 14.0. The Balaban J connectivity index is 0.00000256. The molecule has 0 bridgehead atoms. The number of aromatic nitrogens is 3. The predicted octanol–water partition coefficient (Wildman–Crippen LogP) is 1.73. The zero-order chi connectivity index (χ0) is 20.1. The molecule has 0 fully saturated rings. The van der Waals surface area contributed by atoms with Crippen LogP contribution in [0.1, 0.15) is 36.2 Å². The molecule has 3 heterocycles. The molecule has 1 aromatic heterocycles. The molecule has 9 heteroatoms. The summed E-state index contributed by atoms with van der Waals surface area (Å²) in [6.07, 6.45) is 5.86. The number of nitrogens with one attached hydrogen (secondary N) is 2. The normalized spacial score (nSPS) is 15.0. The van der Waals surface area contributed by atoms with Crippen LogP contribution in [0.4, 0.5) is 0 Å². The average Bonchev–Trinajstić information content (AvgIpc) is 3.34. The van der Waals surface area contributed by atoms with Crippen molar-refractivity contribution in [2.75, 3.05) is 26.7 Å². The molecular weight excluding hydrogens is 495 g/mol. The first-order chi connectivity index (χ1) is 14.2. The molecule has 1 aromatic carbocycles. The number of aryl methyl sites for hydroxylation is 2. The van der Waals surface area contributed by atoms with Crippen LogP contribution >= 0.6 is 24.0 Å². The molecule has 164 valence electrons. The van der Waals surface area contributed by atoms with Crippen molar-refractivity contribution in [2.45, 2.75) is 51.6 Å². The smallest absolute Gasteiger partial charge is 0.345 e. The third-order valence-electron chi connectivity index (χ3n) is 5.55. The highest BCUT2D eigenvalue weighted by atomic mass is 127. The molecule has 4 rings (SSSR count). The molecule has 2 aromatic rings. The molecule has 0 saturated carbocycles. The third-order valence-corrected chi connectivity index (χ3v) is 5.55. The first-order valence-electron chi connectivity index (χ1n) is 10.6. The van der Waals surface area contributed by atoms with Crippen LogP contribution in [0, 0.1) is 0 Å². The molecule has 0 spiro atoms. The van der Waals surface area contributed by atoms with Gasteiger partial charge < -0.3 is 15.4 Å². The Bertz CT molecular complexity index is 936. The van der Waals surface area contributed by atoms with Gasteiger partial charge in [0.1, 0.15) is 11.6 Å². The number of fused-ring (bicyclic) bond motifs is 2. The maximum Gasteiger partial charge on any atom is 0.345 e. The van der Waals surface area contributed by atoms with E-state index in [0.717, 1.165) is 82.3 Å². The van der Waals surface area contributed by atoms with Crippen LogP contribution in [0.3, 0.4) is 0 Å². The van der Waals surface area contributed by atoms with Crippen molar-refractivity contribution in [3.63, 3.8) is 0 Å². The van der Waals surface area contributed by atoms with Crippen molar-refractivity contribution in [3.8, 4) is 5.75 Å². The minimum absolute atomic E-state index is 0.